The van der Waals surface area contributed by atoms with Crippen molar-refractivity contribution in [3.63, 3.8) is 0 Å². The molecule has 146 valence electrons. The third kappa shape index (κ3) is 3.99. The van der Waals surface area contributed by atoms with E-state index in [0.29, 0.717) is 11.4 Å². The van der Waals surface area contributed by atoms with E-state index < -0.39 is 0 Å². The molecule has 7 nitrogen and oxygen atoms in total. The van der Waals surface area contributed by atoms with Crippen LogP contribution in [0.15, 0.2) is 79.1 Å². The number of hydrogen-bond acceptors (Lipinski definition) is 5. The van der Waals surface area contributed by atoms with Crippen LogP contribution in [0, 0.1) is 7.14 Å². The first kappa shape index (κ1) is 19.3. The summed E-state index contributed by atoms with van der Waals surface area (Å²) in [5, 5.41) is 17.0. The summed E-state index contributed by atoms with van der Waals surface area (Å²) >= 11 is 4.56. The highest BCUT2D eigenvalue weighted by Crippen LogP contribution is 2.21. The molecule has 9 heteroatoms. The summed E-state index contributed by atoms with van der Waals surface area (Å²) in [5.74, 6) is 0. The fraction of sp³-hybridized carbons (Fsp3) is 0. The van der Waals surface area contributed by atoms with Crippen LogP contribution in [0.3, 0.4) is 0 Å². The van der Waals surface area contributed by atoms with Crippen molar-refractivity contribution in [2.75, 3.05) is 0 Å². The normalized spacial score (nSPS) is 11.0. The van der Waals surface area contributed by atoms with Crippen LogP contribution in [0.25, 0.3) is 34.2 Å². The van der Waals surface area contributed by atoms with Gasteiger partial charge in [0.1, 0.15) is 11.4 Å². The van der Waals surface area contributed by atoms with Crippen molar-refractivity contribution < 1.29 is 0 Å². The highest BCUT2D eigenvalue weighted by molar-refractivity contribution is 14.1. The van der Waals surface area contributed by atoms with Gasteiger partial charge in [0.15, 0.2) is 0 Å². The van der Waals surface area contributed by atoms with Crippen LogP contribution in [0.2, 0.25) is 0 Å². The molecule has 0 fully saturated rings. The van der Waals surface area contributed by atoms with Crippen molar-refractivity contribution in [2.24, 2.45) is 0 Å². The molecule has 0 aliphatic heterocycles. The summed E-state index contributed by atoms with van der Waals surface area (Å²) in [4.78, 5) is 4.72. The van der Waals surface area contributed by atoms with E-state index in [9.17, 15) is 0 Å². The van der Waals surface area contributed by atoms with Gasteiger partial charge in [-0.05, 0) is 106 Å². The van der Waals surface area contributed by atoms with Gasteiger partial charge >= 0.3 is 0 Å². The van der Waals surface area contributed by atoms with E-state index >= 15 is 0 Å². The minimum Gasteiger partial charge on any atom is -0.244 e. The largest absolute Gasteiger partial charge is 0.244 e. The lowest BCUT2D eigenvalue weighted by Crippen LogP contribution is -1.94. The molecule has 3 heterocycles. The van der Waals surface area contributed by atoms with E-state index in [1.54, 1.807) is 9.36 Å². The maximum atomic E-state index is 4.72. The fourth-order valence-corrected chi connectivity index (χ4v) is 3.64. The van der Waals surface area contributed by atoms with Gasteiger partial charge in [-0.25, -0.2) is 14.3 Å². The molecule has 2 aromatic carbocycles. The van der Waals surface area contributed by atoms with Crippen LogP contribution in [0.1, 0.15) is 0 Å². The quantitative estimate of drug-likeness (QED) is 0.272. The molecule has 5 aromatic rings. The van der Waals surface area contributed by atoms with Gasteiger partial charge in [-0.15, -0.1) is 10.2 Å². The molecule has 0 N–H and O–H groups in total. The van der Waals surface area contributed by atoms with Crippen molar-refractivity contribution in [2.45, 2.75) is 0 Å². The maximum Gasteiger partial charge on any atom is 0.131 e. The summed E-state index contributed by atoms with van der Waals surface area (Å²) in [6.07, 6.45) is 3.74. The fourth-order valence-electron chi connectivity index (χ4n) is 2.92. The summed E-state index contributed by atoms with van der Waals surface area (Å²) in [6, 6.07) is 21.9. The molecule has 0 spiro atoms. The Bertz CT molecular complexity index is 1210. The van der Waals surface area contributed by atoms with E-state index in [-0.39, 0.29) is 0 Å². The van der Waals surface area contributed by atoms with Gasteiger partial charge < -0.3 is 0 Å². The lowest BCUT2D eigenvalue weighted by Gasteiger charge is -2.00. The Hall–Kier alpha value is -2.67. The van der Waals surface area contributed by atoms with Crippen LogP contribution in [0.5, 0.6) is 0 Å². The van der Waals surface area contributed by atoms with Crippen LogP contribution in [0.4, 0.5) is 0 Å². The highest BCUT2D eigenvalue weighted by atomic mass is 127. The second kappa shape index (κ2) is 8.22. The molecule has 0 aliphatic carbocycles. The summed E-state index contributed by atoms with van der Waals surface area (Å²) < 4.78 is 5.83. The van der Waals surface area contributed by atoms with E-state index in [0.717, 1.165) is 22.8 Å². The zero-order valence-electron chi connectivity index (χ0n) is 15.4. The standard InChI is InChI=1S/C21H13I2N7/c22-14-4-8-16(9-5-14)29-12-20(25-27-29)18-2-1-3-19(24-18)21-13-30(28-26-21)17-10-6-15(23)7-11-17/h1-13H. The molecule has 30 heavy (non-hydrogen) atoms. The van der Waals surface area contributed by atoms with Gasteiger partial charge in [0.05, 0.1) is 35.2 Å². The van der Waals surface area contributed by atoms with Gasteiger partial charge in [0.25, 0.3) is 0 Å². The van der Waals surface area contributed by atoms with Crippen LogP contribution < -0.4 is 0 Å². The van der Waals surface area contributed by atoms with Crippen LogP contribution in [-0.4, -0.2) is 35.0 Å². The van der Waals surface area contributed by atoms with Crippen LogP contribution in [-0.2, 0) is 0 Å². The van der Waals surface area contributed by atoms with Gasteiger partial charge in [0.2, 0.25) is 0 Å². The Labute approximate surface area is 199 Å². The monoisotopic (exact) mass is 617 g/mol. The number of nitrogens with zero attached hydrogens (tertiary/aromatic N) is 7. The number of aromatic nitrogens is 7. The minimum atomic E-state index is 0.695. The van der Waals surface area contributed by atoms with Gasteiger partial charge in [-0.3, -0.25) is 0 Å². The first-order valence-corrected chi connectivity index (χ1v) is 11.2. The zero-order valence-corrected chi connectivity index (χ0v) is 19.7. The van der Waals surface area contributed by atoms with E-state index in [4.69, 9.17) is 4.98 Å². The van der Waals surface area contributed by atoms with E-state index in [1.165, 1.54) is 7.14 Å². The number of hydrogen-bond donors (Lipinski definition) is 0. The van der Waals surface area contributed by atoms with Gasteiger partial charge in [0, 0.05) is 7.14 Å². The average molecular weight is 617 g/mol. The first-order chi connectivity index (χ1) is 14.7. The Morgan fingerprint density at radius 3 is 1.40 bits per heavy atom. The Balaban J connectivity index is 1.44. The van der Waals surface area contributed by atoms with Crippen molar-refractivity contribution in [3.8, 4) is 34.2 Å². The molecular weight excluding hydrogens is 604 g/mol. The Kier molecular flexibility index (Phi) is 5.29. The van der Waals surface area contributed by atoms with Crippen molar-refractivity contribution in [1.29, 1.82) is 0 Å². The van der Waals surface area contributed by atoms with E-state index in [1.807, 2.05) is 79.1 Å². The Morgan fingerprint density at radius 2 is 0.967 bits per heavy atom. The second-order valence-corrected chi connectivity index (χ2v) is 8.95. The lowest BCUT2D eigenvalue weighted by molar-refractivity contribution is 0.803. The predicted octanol–water partition coefficient (Wildman–Crippen LogP) is 4.79. The molecule has 0 radical (unpaired) electrons. The molecule has 0 saturated carbocycles. The Morgan fingerprint density at radius 1 is 0.533 bits per heavy atom. The van der Waals surface area contributed by atoms with E-state index in [2.05, 4.69) is 65.8 Å². The second-order valence-electron chi connectivity index (χ2n) is 6.46. The summed E-state index contributed by atoms with van der Waals surface area (Å²) in [7, 11) is 0. The molecule has 3 aromatic heterocycles. The smallest absolute Gasteiger partial charge is 0.131 e. The predicted molar refractivity (Wildman–Crippen MR) is 130 cm³/mol. The third-order valence-corrected chi connectivity index (χ3v) is 5.88. The number of benzene rings is 2. The molecule has 5 rings (SSSR count). The molecule has 0 bridgehead atoms. The van der Waals surface area contributed by atoms with Crippen LogP contribution >= 0.6 is 45.2 Å². The molecule has 0 aliphatic rings. The molecule has 0 saturated heterocycles. The third-order valence-electron chi connectivity index (χ3n) is 4.44. The molecule has 0 atom stereocenters. The molecular formula is C21H13I2N7. The van der Waals surface area contributed by atoms with Crippen molar-refractivity contribution in [3.05, 3.63) is 86.3 Å². The van der Waals surface area contributed by atoms with Gasteiger partial charge in [-0.1, -0.05) is 16.5 Å². The summed E-state index contributed by atoms with van der Waals surface area (Å²) in [6.45, 7) is 0. The average Bonchev–Trinajstić information content (AvgIpc) is 3.45. The van der Waals surface area contributed by atoms with Crippen molar-refractivity contribution in [1.82, 2.24) is 35.0 Å². The zero-order chi connectivity index (χ0) is 20.5. The number of halogens is 2. The summed E-state index contributed by atoms with van der Waals surface area (Å²) in [5.41, 5.74) is 4.75. The topological polar surface area (TPSA) is 74.3 Å². The highest BCUT2D eigenvalue weighted by Gasteiger charge is 2.11. The molecule has 0 amide bonds. The first-order valence-electron chi connectivity index (χ1n) is 9.00. The number of pyridine rings is 1. The SMILES string of the molecule is Ic1ccc(-n2cc(-c3cccc(-c4cn(-c5ccc(I)cc5)nn4)n3)nn2)cc1. The minimum absolute atomic E-state index is 0.695. The molecule has 0 unspecified atom stereocenters. The van der Waals surface area contributed by atoms with Gasteiger partial charge in [-0.2, -0.15) is 0 Å². The maximum absolute atomic E-state index is 4.72. The lowest BCUT2D eigenvalue weighted by atomic mass is 10.2. The van der Waals surface area contributed by atoms with Crippen molar-refractivity contribution >= 4 is 45.2 Å². The number of rotatable bonds is 4.